The zero-order valence-electron chi connectivity index (χ0n) is 10.1. The Kier molecular flexibility index (Phi) is 3.18. The molecule has 1 aliphatic rings. The minimum Gasteiger partial charge on any atom is -0.478 e. The van der Waals surface area contributed by atoms with Crippen LogP contribution in [0.2, 0.25) is 0 Å². The van der Waals surface area contributed by atoms with Crippen LogP contribution in [-0.2, 0) is 6.42 Å². The third-order valence-electron chi connectivity index (χ3n) is 3.04. The van der Waals surface area contributed by atoms with E-state index in [0.29, 0.717) is 5.56 Å². The number of fused-ring (bicyclic) bond motifs is 1. The molecular formula is C14H17NO2. The summed E-state index contributed by atoms with van der Waals surface area (Å²) >= 11 is 0. The van der Waals surface area contributed by atoms with Crippen LogP contribution in [0.25, 0.3) is 0 Å². The van der Waals surface area contributed by atoms with Gasteiger partial charge in [0.1, 0.15) is 0 Å². The topological polar surface area (TPSA) is 40.5 Å². The fourth-order valence-electron chi connectivity index (χ4n) is 2.39. The summed E-state index contributed by atoms with van der Waals surface area (Å²) in [7, 11) is 0. The van der Waals surface area contributed by atoms with Crippen molar-refractivity contribution >= 4 is 11.7 Å². The van der Waals surface area contributed by atoms with Gasteiger partial charge in [-0.1, -0.05) is 18.2 Å². The molecule has 0 fully saturated rings. The second kappa shape index (κ2) is 4.62. The van der Waals surface area contributed by atoms with Crippen molar-refractivity contribution in [2.24, 2.45) is 0 Å². The highest BCUT2D eigenvalue weighted by molar-refractivity contribution is 5.91. The van der Waals surface area contributed by atoms with Crippen molar-refractivity contribution in [2.75, 3.05) is 18.0 Å². The van der Waals surface area contributed by atoms with E-state index >= 15 is 0 Å². The maximum absolute atomic E-state index is 11.2. The first-order valence-electron chi connectivity index (χ1n) is 5.84. The smallest absolute Gasteiger partial charge is 0.336 e. The predicted octanol–water partition coefficient (Wildman–Crippen LogP) is 2.71. The molecule has 17 heavy (non-hydrogen) atoms. The normalized spacial score (nSPS) is 14.3. The molecule has 1 aromatic rings. The maximum atomic E-state index is 11.2. The van der Waals surface area contributed by atoms with Crippen LogP contribution >= 0.6 is 0 Å². The molecule has 90 valence electrons. The molecule has 0 radical (unpaired) electrons. The van der Waals surface area contributed by atoms with Crippen molar-refractivity contribution in [3.63, 3.8) is 0 Å². The monoisotopic (exact) mass is 231 g/mol. The number of aromatic carboxylic acids is 1. The summed E-state index contributed by atoms with van der Waals surface area (Å²) in [6, 6.07) is 5.51. The molecule has 0 aromatic heterocycles. The number of hydrogen-bond acceptors (Lipinski definition) is 2. The predicted molar refractivity (Wildman–Crippen MR) is 68.7 cm³/mol. The molecular weight excluding hydrogens is 214 g/mol. The van der Waals surface area contributed by atoms with Crippen LogP contribution in [0, 0.1) is 0 Å². The van der Waals surface area contributed by atoms with Crippen molar-refractivity contribution in [2.45, 2.75) is 19.8 Å². The lowest BCUT2D eigenvalue weighted by Gasteiger charge is -2.32. The van der Waals surface area contributed by atoms with E-state index in [9.17, 15) is 9.90 Å². The summed E-state index contributed by atoms with van der Waals surface area (Å²) in [4.78, 5) is 13.4. The number of carboxylic acid groups (broad SMARTS) is 1. The second-order valence-electron chi connectivity index (χ2n) is 4.59. The van der Waals surface area contributed by atoms with Crippen LogP contribution in [0.4, 0.5) is 5.69 Å². The number of nitrogens with zero attached hydrogens (tertiary/aromatic N) is 1. The Morgan fingerprint density at radius 2 is 2.29 bits per heavy atom. The Hall–Kier alpha value is -1.77. The van der Waals surface area contributed by atoms with E-state index < -0.39 is 5.97 Å². The molecule has 1 heterocycles. The molecule has 1 N–H and O–H groups in total. The van der Waals surface area contributed by atoms with Gasteiger partial charge in [0.2, 0.25) is 0 Å². The molecule has 1 aliphatic heterocycles. The fourth-order valence-corrected chi connectivity index (χ4v) is 2.39. The lowest BCUT2D eigenvalue weighted by molar-refractivity contribution is 0.0695. The van der Waals surface area contributed by atoms with E-state index in [4.69, 9.17) is 0 Å². The van der Waals surface area contributed by atoms with E-state index in [2.05, 4.69) is 11.5 Å². The minimum atomic E-state index is -0.834. The van der Waals surface area contributed by atoms with Crippen molar-refractivity contribution in [1.82, 2.24) is 0 Å². The molecule has 0 saturated carbocycles. The Morgan fingerprint density at radius 3 is 2.94 bits per heavy atom. The number of carboxylic acids is 1. The number of carbonyl (C=O) groups is 1. The van der Waals surface area contributed by atoms with E-state index in [0.717, 1.165) is 42.8 Å². The highest BCUT2D eigenvalue weighted by Gasteiger charge is 2.21. The van der Waals surface area contributed by atoms with Gasteiger partial charge in [0.15, 0.2) is 0 Å². The molecule has 0 spiro atoms. The fraction of sp³-hybridized carbons (Fsp3) is 0.357. The van der Waals surface area contributed by atoms with Gasteiger partial charge in [-0.05, 0) is 37.5 Å². The Labute approximate surface area is 101 Å². The number of anilines is 1. The Balaban J connectivity index is 2.42. The first kappa shape index (κ1) is 11.7. The van der Waals surface area contributed by atoms with Crippen LogP contribution in [0.1, 0.15) is 29.3 Å². The third-order valence-corrected chi connectivity index (χ3v) is 3.04. The quantitative estimate of drug-likeness (QED) is 0.813. The molecule has 0 aliphatic carbocycles. The van der Waals surface area contributed by atoms with Crippen LogP contribution in [0.3, 0.4) is 0 Å². The zero-order valence-corrected chi connectivity index (χ0v) is 10.1. The van der Waals surface area contributed by atoms with Crippen molar-refractivity contribution < 1.29 is 9.90 Å². The third kappa shape index (κ3) is 2.33. The van der Waals surface area contributed by atoms with Crippen molar-refractivity contribution in [3.8, 4) is 0 Å². The van der Waals surface area contributed by atoms with E-state index in [1.165, 1.54) is 0 Å². The Morgan fingerprint density at radius 1 is 1.53 bits per heavy atom. The molecule has 0 saturated heterocycles. The second-order valence-corrected chi connectivity index (χ2v) is 4.59. The van der Waals surface area contributed by atoms with Crippen LogP contribution in [-0.4, -0.2) is 24.2 Å². The van der Waals surface area contributed by atoms with Gasteiger partial charge in [-0.2, -0.15) is 0 Å². The summed E-state index contributed by atoms with van der Waals surface area (Å²) < 4.78 is 0. The number of hydrogen-bond donors (Lipinski definition) is 1. The summed E-state index contributed by atoms with van der Waals surface area (Å²) in [6.45, 7) is 7.69. The van der Waals surface area contributed by atoms with Crippen molar-refractivity contribution in [3.05, 3.63) is 41.5 Å². The van der Waals surface area contributed by atoms with E-state index in [1.54, 1.807) is 6.07 Å². The molecule has 3 nitrogen and oxygen atoms in total. The van der Waals surface area contributed by atoms with Gasteiger partial charge in [-0.15, -0.1) is 0 Å². The largest absolute Gasteiger partial charge is 0.478 e. The molecule has 0 amide bonds. The van der Waals surface area contributed by atoms with E-state index in [-0.39, 0.29) is 0 Å². The van der Waals surface area contributed by atoms with Crippen molar-refractivity contribution in [1.29, 1.82) is 0 Å². The molecule has 1 aromatic carbocycles. The van der Waals surface area contributed by atoms with Crippen LogP contribution < -0.4 is 4.90 Å². The van der Waals surface area contributed by atoms with Gasteiger partial charge in [-0.3, -0.25) is 0 Å². The molecule has 0 bridgehead atoms. The molecule has 0 atom stereocenters. The van der Waals surface area contributed by atoms with Gasteiger partial charge >= 0.3 is 5.97 Å². The minimum absolute atomic E-state index is 0.439. The van der Waals surface area contributed by atoms with Crippen LogP contribution in [0.15, 0.2) is 30.4 Å². The summed E-state index contributed by atoms with van der Waals surface area (Å²) in [6.07, 6.45) is 1.86. The first-order chi connectivity index (χ1) is 8.09. The van der Waals surface area contributed by atoms with Gasteiger partial charge in [0.05, 0.1) is 5.56 Å². The molecule has 2 rings (SSSR count). The van der Waals surface area contributed by atoms with Gasteiger partial charge in [0, 0.05) is 18.8 Å². The molecule has 3 heteroatoms. The molecule has 0 unspecified atom stereocenters. The SMILES string of the molecule is C=C(C)CN1CCCc2c(C(=O)O)cccc21. The summed E-state index contributed by atoms with van der Waals surface area (Å²) in [5.41, 5.74) is 3.55. The average Bonchev–Trinajstić information content (AvgIpc) is 2.28. The highest BCUT2D eigenvalue weighted by atomic mass is 16.4. The number of benzene rings is 1. The average molecular weight is 231 g/mol. The van der Waals surface area contributed by atoms with E-state index in [1.807, 2.05) is 19.1 Å². The van der Waals surface area contributed by atoms with Crippen LogP contribution in [0.5, 0.6) is 0 Å². The Bertz CT molecular complexity index is 465. The zero-order chi connectivity index (χ0) is 12.4. The lowest BCUT2D eigenvalue weighted by atomic mass is 9.96. The van der Waals surface area contributed by atoms with Gasteiger partial charge < -0.3 is 10.0 Å². The van der Waals surface area contributed by atoms with Gasteiger partial charge in [0.25, 0.3) is 0 Å². The maximum Gasteiger partial charge on any atom is 0.336 e. The van der Waals surface area contributed by atoms with Gasteiger partial charge in [-0.25, -0.2) is 4.79 Å². The summed E-state index contributed by atoms with van der Waals surface area (Å²) in [5, 5.41) is 9.17. The number of rotatable bonds is 3. The lowest BCUT2D eigenvalue weighted by Crippen LogP contribution is -2.31. The first-order valence-corrected chi connectivity index (χ1v) is 5.84. The highest BCUT2D eigenvalue weighted by Crippen LogP contribution is 2.30. The summed E-state index contributed by atoms with van der Waals surface area (Å²) in [5.74, 6) is -0.834. The standard InChI is InChI=1S/C14H17NO2/c1-10(2)9-15-8-4-6-11-12(14(16)17)5-3-7-13(11)15/h3,5,7H,1,4,6,8-9H2,2H3,(H,16,17).